The number of aromatic nitrogens is 3. The molecule has 1 aromatic heterocycles. The van der Waals surface area contributed by atoms with Crippen LogP contribution in [-0.4, -0.2) is 53.5 Å². The number of thioether (sulfide) groups is 1. The van der Waals surface area contributed by atoms with E-state index in [1.807, 2.05) is 4.57 Å². The molecule has 0 saturated carbocycles. The van der Waals surface area contributed by atoms with Crippen LogP contribution in [0.1, 0.15) is 26.5 Å². The standard InChI is InChI=1S/C24H26N4O5S/c1-5-12-28-22(14-25-23(30)17-8-11-20(32-3)21(13-17)33-4)26-27-24(28)34-15-19(29)16-6-9-18(31-2)10-7-16/h5-11,13H,1,12,14-15H2,2-4H3,(H,25,30). The van der Waals surface area contributed by atoms with Crippen molar-refractivity contribution in [3.05, 3.63) is 72.1 Å². The molecule has 1 N–H and O–H groups in total. The van der Waals surface area contributed by atoms with Gasteiger partial charge in [0.1, 0.15) is 5.75 Å². The average Bonchev–Trinajstić information content (AvgIpc) is 3.26. The van der Waals surface area contributed by atoms with E-state index in [-0.39, 0.29) is 24.0 Å². The van der Waals surface area contributed by atoms with Gasteiger partial charge in [0.15, 0.2) is 28.3 Å². The van der Waals surface area contributed by atoms with Crippen LogP contribution in [0.25, 0.3) is 0 Å². The summed E-state index contributed by atoms with van der Waals surface area (Å²) in [5, 5.41) is 11.8. The van der Waals surface area contributed by atoms with E-state index in [1.54, 1.807) is 55.7 Å². The predicted molar refractivity (Wildman–Crippen MR) is 129 cm³/mol. The summed E-state index contributed by atoms with van der Waals surface area (Å²) in [6.45, 7) is 4.37. The number of methoxy groups -OCH3 is 3. The number of benzene rings is 2. The van der Waals surface area contributed by atoms with Crippen molar-refractivity contribution < 1.29 is 23.8 Å². The van der Waals surface area contributed by atoms with Crippen LogP contribution in [0.4, 0.5) is 0 Å². The van der Waals surface area contributed by atoms with Crippen LogP contribution in [0.2, 0.25) is 0 Å². The van der Waals surface area contributed by atoms with Crippen LogP contribution in [0, 0.1) is 0 Å². The maximum absolute atomic E-state index is 12.6. The van der Waals surface area contributed by atoms with Crippen molar-refractivity contribution in [3.63, 3.8) is 0 Å². The molecule has 1 heterocycles. The van der Waals surface area contributed by atoms with Crippen LogP contribution in [0.3, 0.4) is 0 Å². The Hall–Kier alpha value is -3.79. The van der Waals surface area contributed by atoms with Crippen LogP contribution in [0.15, 0.2) is 60.3 Å². The minimum Gasteiger partial charge on any atom is -0.497 e. The van der Waals surface area contributed by atoms with E-state index in [9.17, 15) is 9.59 Å². The summed E-state index contributed by atoms with van der Waals surface area (Å²) in [6, 6.07) is 11.9. The van der Waals surface area contributed by atoms with E-state index in [0.29, 0.717) is 45.9 Å². The predicted octanol–water partition coefficient (Wildman–Crippen LogP) is 3.39. The molecule has 3 aromatic rings. The van der Waals surface area contributed by atoms with Crippen LogP contribution < -0.4 is 19.5 Å². The van der Waals surface area contributed by atoms with Gasteiger partial charge < -0.3 is 24.1 Å². The molecular formula is C24H26N4O5S. The first kappa shape index (κ1) is 24.8. The Balaban J connectivity index is 1.65. The van der Waals surface area contributed by atoms with Crippen molar-refractivity contribution >= 4 is 23.5 Å². The van der Waals surface area contributed by atoms with E-state index in [0.717, 1.165) is 0 Å². The summed E-state index contributed by atoms with van der Waals surface area (Å²) >= 11 is 1.28. The fourth-order valence-electron chi connectivity index (χ4n) is 3.10. The highest BCUT2D eigenvalue weighted by Gasteiger charge is 2.16. The molecule has 1 amide bonds. The summed E-state index contributed by atoms with van der Waals surface area (Å²) in [7, 11) is 4.62. The van der Waals surface area contributed by atoms with Gasteiger partial charge >= 0.3 is 0 Å². The number of nitrogens with one attached hydrogen (secondary N) is 1. The zero-order valence-corrected chi connectivity index (χ0v) is 20.1. The van der Waals surface area contributed by atoms with Crippen molar-refractivity contribution in [2.75, 3.05) is 27.1 Å². The zero-order valence-electron chi connectivity index (χ0n) is 19.2. The van der Waals surface area contributed by atoms with Crippen molar-refractivity contribution in [1.82, 2.24) is 20.1 Å². The van der Waals surface area contributed by atoms with Gasteiger partial charge in [-0.1, -0.05) is 17.8 Å². The maximum atomic E-state index is 12.6. The Morgan fingerprint density at radius 2 is 1.71 bits per heavy atom. The van der Waals surface area contributed by atoms with Gasteiger partial charge in [0.2, 0.25) is 0 Å². The molecule has 0 saturated heterocycles. The number of hydrogen-bond donors (Lipinski definition) is 1. The molecule has 178 valence electrons. The first-order valence-corrected chi connectivity index (χ1v) is 11.3. The monoisotopic (exact) mass is 482 g/mol. The number of amides is 1. The third-order valence-electron chi connectivity index (χ3n) is 4.90. The van der Waals surface area contributed by atoms with Gasteiger partial charge in [0.25, 0.3) is 5.91 Å². The minimum absolute atomic E-state index is 0.0379. The van der Waals surface area contributed by atoms with Crippen molar-refractivity contribution in [2.24, 2.45) is 0 Å². The highest BCUT2D eigenvalue weighted by molar-refractivity contribution is 7.99. The van der Waals surface area contributed by atoms with Gasteiger partial charge in [-0.2, -0.15) is 0 Å². The van der Waals surface area contributed by atoms with Crippen LogP contribution in [0.5, 0.6) is 17.2 Å². The van der Waals surface area contributed by atoms with Gasteiger partial charge in [-0.25, -0.2) is 0 Å². The molecule has 3 rings (SSSR count). The minimum atomic E-state index is -0.294. The molecule has 0 aliphatic heterocycles. The summed E-state index contributed by atoms with van der Waals surface area (Å²) in [5.74, 6) is 2.10. The Labute approximate surface area is 202 Å². The fourth-order valence-corrected chi connectivity index (χ4v) is 3.96. The van der Waals surface area contributed by atoms with E-state index in [2.05, 4.69) is 22.1 Å². The number of ether oxygens (including phenoxy) is 3. The Morgan fingerprint density at radius 3 is 2.35 bits per heavy atom. The lowest BCUT2D eigenvalue weighted by atomic mass is 10.1. The quantitative estimate of drug-likeness (QED) is 0.238. The average molecular weight is 483 g/mol. The van der Waals surface area contributed by atoms with E-state index >= 15 is 0 Å². The summed E-state index contributed by atoms with van der Waals surface area (Å²) in [5.41, 5.74) is 1.01. The molecule has 0 fully saturated rings. The van der Waals surface area contributed by atoms with Gasteiger partial charge in [0, 0.05) is 17.7 Å². The summed E-state index contributed by atoms with van der Waals surface area (Å²) in [6.07, 6.45) is 1.71. The van der Waals surface area contributed by atoms with Gasteiger partial charge in [-0.3, -0.25) is 9.59 Å². The van der Waals surface area contributed by atoms with Crippen LogP contribution in [-0.2, 0) is 13.1 Å². The Kier molecular flexibility index (Phi) is 8.69. The van der Waals surface area contributed by atoms with Crippen molar-refractivity contribution in [3.8, 4) is 17.2 Å². The second kappa shape index (κ2) is 11.9. The molecule has 0 atom stereocenters. The molecule has 0 aliphatic carbocycles. The van der Waals surface area contributed by atoms with Crippen LogP contribution >= 0.6 is 11.8 Å². The lowest BCUT2D eigenvalue weighted by Crippen LogP contribution is -2.25. The first-order valence-electron chi connectivity index (χ1n) is 10.3. The number of Topliss-reactive ketones (excluding diaryl/α,β-unsaturated/α-hetero) is 1. The number of carbonyl (C=O) groups is 2. The molecule has 0 unspecified atom stereocenters. The molecule has 0 spiro atoms. The normalized spacial score (nSPS) is 10.4. The summed E-state index contributed by atoms with van der Waals surface area (Å²) < 4.78 is 17.4. The fraction of sp³-hybridized carbons (Fsp3) is 0.250. The molecule has 2 aromatic carbocycles. The zero-order chi connectivity index (χ0) is 24.5. The second-order valence-corrected chi connectivity index (χ2v) is 7.93. The highest BCUT2D eigenvalue weighted by atomic mass is 32.2. The first-order chi connectivity index (χ1) is 16.5. The topological polar surface area (TPSA) is 105 Å². The summed E-state index contributed by atoms with van der Waals surface area (Å²) in [4.78, 5) is 25.2. The number of rotatable bonds is 12. The smallest absolute Gasteiger partial charge is 0.251 e. The largest absolute Gasteiger partial charge is 0.497 e. The SMILES string of the molecule is C=CCn1c(CNC(=O)c2ccc(OC)c(OC)c2)nnc1SCC(=O)c1ccc(OC)cc1. The van der Waals surface area contributed by atoms with Crippen molar-refractivity contribution in [2.45, 2.75) is 18.2 Å². The molecule has 10 heteroatoms. The highest BCUT2D eigenvalue weighted by Crippen LogP contribution is 2.27. The number of ketones is 1. The lowest BCUT2D eigenvalue weighted by Gasteiger charge is -2.11. The van der Waals surface area contributed by atoms with Crippen molar-refractivity contribution in [1.29, 1.82) is 0 Å². The molecule has 0 radical (unpaired) electrons. The second-order valence-electron chi connectivity index (χ2n) is 6.99. The Bertz CT molecular complexity index is 1160. The Morgan fingerprint density at radius 1 is 1.00 bits per heavy atom. The van der Waals surface area contributed by atoms with E-state index in [1.165, 1.54) is 26.0 Å². The number of carbonyl (C=O) groups excluding carboxylic acids is 2. The van der Waals surface area contributed by atoms with Gasteiger partial charge in [-0.15, -0.1) is 16.8 Å². The number of hydrogen-bond acceptors (Lipinski definition) is 8. The van der Waals surface area contributed by atoms with Gasteiger partial charge in [0.05, 0.1) is 33.6 Å². The van der Waals surface area contributed by atoms with Gasteiger partial charge in [-0.05, 0) is 42.5 Å². The molecular weight excluding hydrogens is 456 g/mol. The molecule has 9 nitrogen and oxygen atoms in total. The third-order valence-corrected chi connectivity index (χ3v) is 5.87. The number of allylic oxidation sites excluding steroid dienone is 1. The molecule has 0 aliphatic rings. The van der Waals surface area contributed by atoms with E-state index < -0.39 is 0 Å². The molecule has 0 bridgehead atoms. The lowest BCUT2D eigenvalue weighted by molar-refractivity contribution is 0.0948. The molecule has 34 heavy (non-hydrogen) atoms. The van der Waals surface area contributed by atoms with E-state index in [4.69, 9.17) is 14.2 Å². The number of nitrogens with zero attached hydrogens (tertiary/aromatic N) is 3. The third kappa shape index (κ3) is 5.96. The maximum Gasteiger partial charge on any atom is 0.251 e.